The van der Waals surface area contributed by atoms with Crippen LogP contribution in [0.4, 0.5) is 11.4 Å². The highest BCUT2D eigenvalue weighted by molar-refractivity contribution is 7.89. The smallest absolute Gasteiger partial charge is 0.335 e. The standard InChI is InChI=1S/C10H15N3O4S/c11-8-6-7(10(14)15)2-3-9(8)13-4-1-5-18(12,16)17/h2-3,6,13H,1,4-5,11H2,(H,14,15)(H2,12,16,17). The summed E-state index contributed by atoms with van der Waals surface area (Å²) in [7, 11) is -3.46. The average molecular weight is 273 g/mol. The van der Waals surface area contributed by atoms with Crippen molar-refractivity contribution in [1.82, 2.24) is 0 Å². The van der Waals surface area contributed by atoms with Crippen LogP contribution in [0.3, 0.4) is 0 Å². The van der Waals surface area contributed by atoms with Crippen molar-refractivity contribution in [3.8, 4) is 0 Å². The van der Waals surface area contributed by atoms with E-state index in [-0.39, 0.29) is 11.3 Å². The Kier molecular flexibility index (Phi) is 4.51. The zero-order valence-electron chi connectivity index (χ0n) is 9.59. The van der Waals surface area contributed by atoms with Gasteiger partial charge in [-0.25, -0.2) is 18.4 Å². The third-order valence-electron chi connectivity index (χ3n) is 2.22. The first kappa shape index (κ1) is 14.3. The lowest BCUT2D eigenvalue weighted by atomic mass is 10.1. The van der Waals surface area contributed by atoms with Gasteiger partial charge in [-0.2, -0.15) is 0 Å². The molecular weight excluding hydrogens is 258 g/mol. The van der Waals surface area contributed by atoms with E-state index in [1.807, 2.05) is 0 Å². The second-order valence-corrected chi connectivity index (χ2v) is 5.49. The number of carbonyl (C=O) groups is 1. The third-order valence-corrected chi connectivity index (χ3v) is 3.08. The van der Waals surface area contributed by atoms with Gasteiger partial charge in [-0.3, -0.25) is 0 Å². The number of aromatic carboxylic acids is 1. The molecule has 0 bridgehead atoms. The number of primary sulfonamides is 1. The minimum Gasteiger partial charge on any atom is -0.478 e. The van der Waals surface area contributed by atoms with E-state index in [0.29, 0.717) is 24.3 Å². The molecule has 0 spiro atoms. The van der Waals surface area contributed by atoms with Crippen molar-refractivity contribution >= 4 is 27.4 Å². The molecule has 0 aliphatic carbocycles. The van der Waals surface area contributed by atoms with Crippen molar-refractivity contribution in [2.75, 3.05) is 23.3 Å². The Morgan fingerprint density at radius 2 is 2.06 bits per heavy atom. The van der Waals surface area contributed by atoms with E-state index in [1.165, 1.54) is 18.2 Å². The zero-order chi connectivity index (χ0) is 13.8. The fourth-order valence-electron chi connectivity index (χ4n) is 1.35. The number of rotatable bonds is 6. The summed E-state index contributed by atoms with van der Waals surface area (Å²) in [6.45, 7) is 0.382. The average Bonchev–Trinajstić information content (AvgIpc) is 2.24. The van der Waals surface area contributed by atoms with Gasteiger partial charge in [0.05, 0.1) is 22.7 Å². The molecular formula is C10H15N3O4S. The molecule has 7 nitrogen and oxygen atoms in total. The highest BCUT2D eigenvalue weighted by Crippen LogP contribution is 2.19. The maximum absolute atomic E-state index is 10.7. The Hall–Kier alpha value is -1.80. The molecule has 8 heteroatoms. The molecule has 0 aliphatic heterocycles. The van der Waals surface area contributed by atoms with Crippen molar-refractivity contribution < 1.29 is 18.3 Å². The molecule has 100 valence electrons. The largest absolute Gasteiger partial charge is 0.478 e. The number of anilines is 2. The maximum Gasteiger partial charge on any atom is 0.335 e. The first-order chi connectivity index (χ1) is 8.29. The van der Waals surface area contributed by atoms with Gasteiger partial charge >= 0.3 is 5.97 Å². The Morgan fingerprint density at radius 1 is 1.39 bits per heavy atom. The molecule has 0 fully saturated rings. The first-order valence-electron chi connectivity index (χ1n) is 5.17. The molecule has 0 saturated carbocycles. The van der Waals surface area contributed by atoms with Crippen LogP contribution >= 0.6 is 0 Å². The molecule has 1 aromatic rings. The molecule has 1 rings (SSSR count). The van der Waals surface area contributed by atoms with E-state index in [0.717, 1.165) is 0 Å². The summed E-state index contributed by atoms with van der Waals surface area (Å²) in [5, 5.41) is 16.5. The van der Waals surface area contributed by atoms with E-state index in [2.05, 4.69) is 5.32 Å². The van der Waals surface area contributed by atoms with Crippen LogP contribution in [0.5, 0.6) is 0 Å². The van der Waals surface area contributed by atoms with Crippen molar-refractivity contribution in [3.63, 3.8) is 0 Å². The van der Waals surface area contributed by atoms with Gasteiger partial charge in [-0.05, 0) is 24.6 Å². The van der Waals surface area contributed by atoms with E-state index >= 15 is 0 Å². The Balaban J connectivity index is 2.56. The van der Waals surface area contributed by atoms with Crippen LogP contribution in [0.1, 0.15) is 16.8 Å². The van der Waals surface area contributed by atoms with Crippen LogP contribution in [0, 0.1) is 0 Å². The maximum atomic E-state index is 10.7. The molecule has 18 heavy (non-hydrogen) atoms. The summed E-state index contributed by atoms with van der Waals surface area (Å²) in [6.07, 6.45) is 0.346. The quantitative estimate of drug-likeness (QED) is 0.427. The number of benzene rings is 1. The van der Waals surface area contributed by atoms with E-state index < -0.39 is 16.0 Å². The van der Waals surface area contributed by atoms with Crippen LogP contribution < -0.4 is 16.2 Å². The monoisotopic (exact) mass is 273 g/mol. The summed E-state index contributed by atoms with van der Waals surface area (Å²) in [6, 6.07) is 4.29. The minimum absolute atomic E-state index is 0.0996. The lowest BCUT2D eigenvalue weighted by molar-refractivity contribution is 0.0697. The Labute approximate surface area is 105 Å². The summed E-state index contributed by atoms with van der Waals surface area (Å²) >= 11 is 0. The van der Waals surface area contributed by atoms with Crippen LogP contribution in [-0.4, -0.2) is 31.8 Å². The molecule has 1 aromatic carbocycles. The number of carboxylic acid groups (broad SMARTS) is 1. The molecule has 0 unspecified atom stereocenters. The van der Waals surface area contributed by atoms with Crippen LogP contribution in [0.15, 0.2) is 18.2 Å². The number of nitrogens with one attached hydrogen (secondary N) is 1. The SMILES string of the molecule is Nc1cc(C(=O)O)ccc1NCCCS(N)(=O)=O. The number of nitrogens with two attached hydrogens (primary N) is 2. The van der Waals surface area contributed by atoms with Crippen molar-refractivity contribution in [2.24, 2.45) is 5.14 Å². The second kappa shape index (κ2) is 5.69. The number of carboxylic acids is 1. The lowest BCUT2D eigenvalue weighted by Crippen LogP contribution is -2.18. The van der Waals surface area contributed by atoms with Gasteiger partial charge in [0.25, 0.3) is 0 Å². The molecule has 0 radical (unpaired) electrons. The van der Waals surface area contributed by atoms with Crippen molar-refractivity contribution in [3.05, 3.63) is 23.8 Å². The molecule has 0 amide bonds. The first-order valence-corrected chi connectivity index (χ1v) is 6.88. The van der Waals surface area contributed by atoms with Crippen LogP contribution in [-0.2, 0) is 10.0 Å². The summed E-state index contributed by atoms with van der Waals surface area (Å²) < 4.78 is 21.4. The normalized spacial score (nSPS) is 11.2. The summed E-state index contributed by atoms with van der Waals surface area (Å²) in [5.74, 6) is -1.17. The predicted octanol–water partition coefficient (Wildman–Crippen LogP) is 0.0575. The van der Waals surface area contributed by atoms with E-state index in [1.54, 1.807) is 0 Å². The fraction of sp³-hybridized carbons (Fsp3) is 0.300. The number of hydrogen-bond acceptors (Lipinski definition) is 5. The Morgan fingerprint density at radius 3 is 2.56 bits per heavy atom. The number of nitrogen functional groups attached to an aromatic ring is 1. The molecule has 0 saturated heterocycles. The summed E-state index contributed by atoms with van der Waals surface area (Å²) in [5.41, 5.74) is 6.62. The highest BCUT2D eigenvalue weighted by atomic mass is 32.2. The zero-order valence-corrected chi connectivity index (χ0v) is 10.4. The van der Waals surface area contributed by atoms with Gasteiger partial charge in [0, 0.05) is 6.54 Å². The Bertz CT molecular complexity index is 542. The van der Waals surface area contributed by atoms with Gasteiger partial charge in [0.1, 0.15) is 0 Å². The van der Waals surface area contributed by atoms with Crippen molar-refractivity contribution in [2.45, 2.75) is 6.42 Å². The molecule has 0 aliphatic rings. The van der Waals surface area contributed by atoms with Crippen LogP contribution in [0.2, 0.25) is 0 Å². The van der Waals surface area contributed by atoms with E-state index in [4.69, 9.17) is 16.0 Å². The molecule has 6 N–H and O–H groups in total. The summed E-state index contributed by atoms with van der Waals surface area (Å²) in [4.78, 5) is 10.7. The van der Waals surface area contributed by atoms with Gasteiger partial charge in [0.2, 0.25) is 10.0 Å². The number of sulfonamides is 1. The topological polar surface area (TPSA) is 136 Å². The van der Waals surface area contributed by atoms with E-state index in [9.17, 15) is 13.2 Å². The highest BCUT2D eigenvalue weighted by Gasteiger charge is 2.06. The minimum atomic E-state index is -3.46. The van der Waals surface area contributed by atoms with Gasteiger partial charge in [-0.15, -0.1) is 0 Å². The second-order valence-electron chi connectivity index (χ2n) is 3.75. The van der Waals surface area contributed by atoms with Crippen LogP contribution in [0.25, 0.3) is 0 Å². The molecule has 0 heterocycles. The number of hydrogen-bond donors (Lipinski definition) is 4. The van der Waals surface area contributed by atoms with Gasteiger partial charge in [0.15, 0.2) is 0 Å². The van der Waals surface area contributed by atoms with Crippen molar-refractivity contribution in [1.29, 1.82) is 0 Å². The predicted molar refractivity (Wildman–Crippen MR) is 68.9 cm³/mol. The van der Waals surface area contributed by atoms with Gasteiger partial charge in [-0.1, -0.05) is 0 Å². The molecule has 0 aromatic heterocycles. The van der Waals surface area contributed by atoms with Gasteiger partial charge < -0.3 is 16.2 Å². The third kappa shape index (κ3) is 4.60. The molecule has 0 atom stereocenters. The fourth-order valence-corrected chi connectivity index (χ4v) is 1.90. The lowest BCUT2D eigenvalue weighted by Gasteiger charge is -2.09.